The van der Waals surface area contributed by atoms with E-state index in [1.807, 2.05) is 36.4 Å². The lowest BCUT2D eigenvalue weighted by atomic mass is 9.79. The number of para-hydroxylation sites is 2. The fourth-order valence-corrected chi connectivity index (χ4v) is 8.64. The number of imidazole rings is 1. The summed E-state index contributed by atoms with van der Waals surface area (Å²) in [4.78, 5) is 10.5. The number of rotatable bonds is 7. The molecular formula is C57H57N3O. The molecule has 0 atom stereocenters. The van der Waals surface area contributed by atoms with E-state index in [-0.39, 0.29) is 28.2 Å². The van der Waals surface area contributed by atoms with Crippen LogP contribution in [0.4, 0.5) is 0 Å². The van der Waals surface area contributed by atoms with Gasteiger partial charge in [0.2, 0.25) is 5.71 Å². The lowest BCUT2D eigenvalue weighted by molar-refractivity contribution is 0.569. The number of aryl methyl sites for hydroxylation is 1. The monoisotopic (exact) mass is 802 g/mol. The summed E-state index contributed by atoms with van der Waals surface area (Å²) in [7, 11) is 0. The van der Waals surface area contributed by atoms with Crippen molar-refractivity contribution >= 4 is 33.1 Å². The first-order chi connectivity index (χ1) is 30.3. The molecule has 0 bridgehead atoms. The molecule has 3 heterocycles. The highest BCUT2D eigenvalue weighted by Crippen LogP contribution is 2.44. The Labute approximate surface area is 365 Å². The third kappa shape index (κ3) is 7.26. The molecule has 4 nitrogen and oxygen atoms in total. The molecular weight excluding hydrogens is 743 g/mol. The zero-order valence-corrected chi connectivity index (χ0v) is 37.1. The van der Waals surface area contributed by atoms with Crippen LogP contribution in [0.1, 0.15) is 113 Å². The standard InChI is InChI=1S/C57H57N3O/c1-34(2)46-31-40(39-24-22-38(23-25-39)37-17-13-12-14-18-37)32-47(35(3)4)52(46)60-50-20-16-15-19-49(50)58-54(60)45-26-21-36(5)51-44-27-28-48(59-55(44)61-53(45)51)41-29-42(56(6,7)8)33-43(30-41)57(9,10)11/h12-35H,1-11H3/i5D3. The van der Waals surface area contributed by atoms with Crippen LogP contribution < -0.4 is 0 Å². The molecule has 0 aliphatic rings. The predicted molar refractivity (Wildman–Crippen MR) is 258 cm³/mol. The van der Waals surface area contributed by atoms with Gasteiger partial charge in [0.1, 0.15) is 11.4 Å². The number of nitrogens with zero attached hydrogens (tertiary/aromatic N) is 3. The predicted octanol–water partition coefficient (Wildman–Crippen LogP) is 16.1. The van der Waals surface area contributed by atoms with Crippen LogP contribution in [0.3, 0.4) is 0 Å². The van der Waals surface area contributed by atoms with Crippen LogP contribution in [0.2, 0.25) is 0 Å². The van der Waals surface area contributed by atoms with Crippen molar-refractivity contribution in [2.24, 2.45) is 0 Å². The molecule has 0 radical (unpaired) electrons. The Kier molecular flexibility index (Phi) is 9.01. The second kappa shape index (κ2) is 15.0. The minimum Gasteiger partial charge on any atom is -0.437 e. The molecule has 3 aromatic heterocycles. The molecule has 0 aliphatic carbocycles. The third-order valence-corrected chi connectivity index (χ3v) is 12.2. The Morgan fingerprint density at radius 1 is 0.574 bits per heavy atom. The summed E-state index contributed by atoms with van der Waals surface area (Å²) in [6.07, 6.45) is 0. The number of furan rings is 1. The average molecular weight is 803 g/mol. The van der Waals surface area contributed by atoms with E-state index < -0.39 is 6.85 Å². The molecule has 4 heteroatoms. The Morgan fingerprint density at radius 2 is 1.16 bits per heavy atom. The number of pyridine rings is 1. The Morgan fingerprint density at radius 3 is 1.77 bits per heavy atom. The molecule has 9 aromatic rings. The third-order valence-electron chi connectivity index (χ3n) is 12.2. The Balaban J connectivity index is 1.28. The van der Waals surface area contributed by atoms with Gasteiger partial charge in [-0.2, -0.15) is 0 Å². The lowest BCUT2D eigenvalue weighted by Gasteiger charge is -2.26. The Bertz CT molecular complexity index is 3150. The van der Waals surface area contributed by atoms with Gasteiger partial charge in [0, 0.05) is 20.4 Å². The molecule has 0 spiro atoms. The van der Waals surface area contributed by atoms with Crippen LogP contribution in [0.25, 0.3) is 83.7 Å². The molecule has 0 saturated carbocycles. The van der Waals surface area contributed by atoms with Crippen molar-refractivity contribution in [3.05, 3.63) is 161 Å². The van der Waals surface area contributed by atoms with Gasteiger partial charge in [-0.25, -0.2) is 9.97 Å². The maximum absolute atomic E-state index is 8.70. The van der Waals surface area contributed by atoms with E-state index in [4.69, 9.17) is 18.5 Å². The van der Waals surface area contributed by atoms with Crippen molar-refractivity contribution in [2.45, 2.75) is 98.8 Å². The largest absolute Gasteiger partial charge is 0.437 e. The van der Waals surface area contributed by atoms with Crippen LogP contribution in [0.5, 0.6) is 0 Å². The van der Waals surface area contributed by atoms with E-state index in [1.54, 1.807) is 6.07 Å². The molecule has 61 heavy (non-hydrogen) atoms. The lowest BCUT2D eigenvalue weighted by Crippen LogP contribution is -2.16. The molecule has 0 N–H and O–H groups in total. The SMILES string of the molecule is [2H]C([2H])([2H])c1ccc(-c2nc3ccccc3n2-c2c(C(C)C)cc(-c3ccc(-c4ccccc4)cc3)cc2C(C)C)c2oc3nc(-c4cc(C(C)(C)C)cc(C(C)(C)C)c4)ccc3c12. The maximum Gasteiger partial charge on any atom is 0.227 e. The quantitative estimate of drug-likeness (QED) is 0.161. The van der Waals surface area contributed by atoms with Crippen molar-refractivity contribution < 1.29 is 8.53 Å². The average Bonchev–Trinajstić information content (AvgIpc) is 3.83. The molecule has 0 saturated heterocycles. The highest BCUT2D eigenvalue weighted by molar-refractivity contribution is 6.10. The van der Waals surface area contributed by atoms with Gasteiger partial charge < -0.3 is 4.42 Å². The number of hydrogen-bond donors (Lipinski definition) is 0. The zero-order valence-electron chi connectivity index (χ0n) is 40.1. The summed E-state index contributed by atoms with van der Waals surface area (Å²) < 4.78 is 35.3. The van der Waals surface area contributed by atoms with Gasteiger partial charge in [-0.1, -0.05) is 148 Å². The van der Waals surface area contributed by atoms with E-state index in [1.165, 1.54) is 33.4 Å². The van der Waals surface area contributed by atoms with Crippen LogP contribution in [-0.4, -0.2) is 14.5 Å². The fourth-order valence-electron chi connectivity index (χ4n) is 8.64. The minimum absolute atomic E-state index is 0.0756. The molecule has 0 fully saturated rings. The summed E-state index contributed by atoms with van der Waals surface area (Å²) in [6, 6.07) is 46.5. The van der Waals surface area contributed by atoms with Crippen molar-refractivity contribution in [3.8, 4) is 50.6 Å². The van der Waals surface area contributed by atoms with Gasteiger partial charge in [0.25, 0.3) is 0 Å². The molecule has 0 unspecified atom stereocenters. The number of fused-ring (bicyclic) bond motifs is 4. The van der Waals surface area contributed by atoms with Crippen LogP contribution in [-0.2, 0) is 10.8 Å². The second-order valence-corrected chi connectivity index (χ2v) is 19.3. The summed E-state index contributed by atoms with van der Waals surface area (Å²) in [5, 5.41) is 1.19. The van der Waals surface area contributed by atoms with Crippen LogP contribution in [0, 0.1) is 6.85 Å². The van der Waals surface area contributed by atoms with Gasteiger partial charge in [-0.3, -0.25) is 4.57 Å². The number of benzene rings is 6. The van der Waals surface area contributed by atoms with Crippen LogP contribution in [0.15, 0.2) is 138 Å². The van der Waals surface area contributed by atoms with Gasteiger partial charge in [0.15, 0.2) is 0 Å². The second-order valence-electron chi connectivity index (χ2n) is 19.3. The summed E-state index contributed by atoms with van der Waals surface area (Å²) in [6.45, 7) is 20.0. The topological polar surface area (TPSA) is 43.9 Å². The fraction of sp³-hybridized carbons (Fsp3) is 0.263. The van der Waals surface area contributed by atoms with Gasteiger partial charge >= 0.3 is 0 Å². The summed E-state index contributed by atoms with van der Waals surface area (Å²) in [5.74, 6) is 0.999. The van der Waals surface area contributed by atoms with Crippen molar-refractivity contribution in [1.82, 2.24) is 14.5 Å². The maximum atomic E-state index is 8.70. The smallest absolute Gasteiger partial charge is 0.227 e. The van der Waals surface area contributed by atoms with Crippen LogP contribution >= 0.6 is 0 Å². The summed E-state index contributed by atoms with van der Waals surface area (Å²) in [5.41, 5.74) is 15.8. The first-order valence-electron chi connectivity index (χ1n) is 23.1. The number of hydrogen-bond acceptors (Lipinski definition) is 3. The van der Waals surface area contributed by atoms with Gasteiger partial charge in [0.05, 0.1) is 28.0 Å². The molecule has 6 aromatic carbocycles. The molecule has 0 aliphatic heterocycles. The highest BCUT2D eigenvalue weighted by Gasteiger charge is 2.27. The minimum atomic E-state index is -2.40. The molecule has 9 rings (SSSR count). The van der Waals surface area contributed by atoms with Crippen molar-refractivity contribution in [1.29, 1.82) is 0 Å². The zero-order chi connectivity index (χ0) is 45.5. The number of aromatic nitrogens is 3. The van der Waals surface area contributed by atoms with E-state index in [0.717, 1.165) is 39.1 Å². The Hall–Kier alpha value is -6.26. The molecule has 0 amide bonds. The first kappa shape index (κ1) is 36.6. The van der Waals surface area contributed by atoms with Crippen molar-refractivity contribution in [3.63, 3.8) is 0 Å². The first-order valence-corrected chi connectivity index (χ1v) is 21.6. The van der Waals surface area contributed by atoms with E-state index in [2.05, 4.69) is 165 Å². The van der Waals surface area contributed by atoms with E-state index in [0.29, 0.717) is 33.5 Å². The van der Waals surface area contributed by atoms with Crippen molar-refractivity contribution in [2.75, 3.05) is 0 Å². The highest BCUT2D eigenvalue weighted by atomic mass is 16.3. The van der Waals surface area contributed by atoms with E-state index in [9.17, 15) is 0 Å². The summed E-state index contributed by atoms with van der Waals surface area (Å²) >= 11 is 0. The van der Waals surface area contributed by atoms with E-state index >= 15 is 0 Å². The van der Waals surface area contributed by atoms with Gasteiger partial charge in [-0.15, -0.1) is 0 Å². The molecule has 306 valence electrons. The van der Waals surface area contributed by atoms with Gasteiger partial charge in [-0.05, 0) is 134 Å². The normalized spacial score (nSPS) is 13.4.